The third kappa shape index (κ3) is 12.8. The molecule has 2 aromatic carbocycles. The van der Waals surface area contributed by atoms with Crippen LogP contribution in [0.25, 0.3) is 0 Å². The van der Waals surface area contributed by atoms with Crippen LogP contribution in [0.15, 0.2) is 54.6 Å². The largest absolute Gasteiger partial charge is 0.455 e. The second-order valence-corrected chi connectivity index (χ2v) is 10.4. The molecule has 0 aromatic heterocycles. The molecule has 1 atom stereocenters. The smallest absolute Gasteiger partial charge is 0.364 e. The van der Waals surface area contributed by atoms with Crippen molar-refractivity contribution in [2.75, 3.05) is 20.6 Å². The molecule has 0 fully saturated rings. The lowest BCUT2D eigenvalue weighted by Gasteiger charge is -2.29. The van der Waals surface area contributed by atoms with E-state index in [1.165, 1.54) is 62.5 Å². The van der Waals surface area contributed by atoms with Crippen LogP contribution < -0.4 is 4.74 Å². The Bertz CT molecular complexity index is 834. The number of unbranched alkanes of at least 4 members (excludes halogenated alkanes) is 7. The molecule has 0 radical (unpaired) electrons. The van der Waals surface area contributed by atoms with Crippen LogP contribution in [0.3, 0.4) is 0 Å². The summed E-state index contributed by atoms with van der Waals surface area (Å²) in [5.74, 6) is 0.561. The molecular weight excluding hydrogens is 434 g/mol. The Hall–Kier alpha value is -2.33. The second kappa shape index (κ2) is 16.4. The van der Waals surface area contributed by atoms with E-state index in [0.717, 1.165) is 25.1 Å². The number of hydrogen-bond acceptors (Lipinski definition) is 3. The summed E-state index contributed by atoms with van der Waals surface area (Å²) in [5.41, 5.74) is 2.50. The maximum absolute atomic E-state index is 12.8. The van der Waals surface area contributed by atoms with Gasteiger partial charge < -0.3 is 14.0 Å². The molecule has 0 saturated heterocycles. The highest BCUT2D eigenvalue weighted by Gasteiger charge is 2.25. The molecule has 0 aliphatic heterocycles. The summed E-state index contributed by atoms with van der Waals surface area (Å²) in [7, 11) is 4.11. The van der Waals surface area contributed by atoms with Crippen LogP contribution in [-0.4, -0.2) is 37.4 Å². The Balaban J connectivity index is 1.80. The van der Waals surface area contributed by atoms with Gasteiger partial charge >= 0.3 is 5.97 Å². The summed E-state index contributed by atoms with van der Waals surface area (Å²) < 4.78 is 12.5. The standard InChI is InChI=1S/C31H48NO3/c1-5-7-8-9-10-11-12-14-19-27-22-17-23-29(24-27)34-31(18-6-2)35-30(33)26-32(3,4)25-28-20-15-13-16-21-28/h13,15-17,20-24,31H,5-12,14,18-19,25-26H2,1-4H3/q+1. The maximum atomic E-state index is 12.8. The molecule has 0 heterocycles. The minimum atomic E-state index is -0.553. The van der Waals surface area contributed by atoms with Gasteiger partial charge in [-0.15, -0.1) is 0 Å². The molecule has 0 aliphatic carbocycles. The molecule has 0 saturated carbocycles. The third-order valence-corrected chi connectivity index (χ3v) is 6.28. The SMILES string of the molecule is CCCCCCCCCCc1cccc(OC(CCC)OC(=O)C[N+](C)(C)Cc2ccccc2)c1. The van der Waals surface area contributed by atoms with Crippen molar-refractivity contribution in [2.24, 2.45) is 0 Å². The van der Waals surface area contributed by atoms with E-state index in [1.807, 2.05) is 30.3 Å². The van der Waals surface area contributed by atoms with Gasteiger partial charge in [0.25, 0.3) is 0 Å². The zero-order chi connectivity index (χ0) is 25.4. The first kappa shape index (κ1) is 28.9. The number of likely N-dealkylation sites (N-methyl/N-ethyl adjacent to an activating group) is 1. The highest BCUT2D eigenvalue weighted by Crippen LogP contribution is 2.20. The van der Waals surface area contributed by atoms with Crippen molar-refractivity contribution in [3.05, 3.63) is 65.7 Å². The minimum Gasteiger partial charge on any atom is -0.455 e. The molecule has 0 amide bonds. The molecule has 0 N–H and O–H groups in total. The zero-order valence-corrected chi connectivity index (χ0v) is 22.6. The first-order chi connectivity index (χ1) is 16.9. The fourth-order valence-electron chi connectivity index (χ4n) is 4.43. The first-order valence-electron chi connectivity index (χ1n) is 13.7. The predicted octanol–water partition coefficient (Wildman–Crippen LogP) is 7.69. The quantitative estimate of drug-likeness (QED) is 0.0945. The van der Waals surface area contributed by atoms with Crippen molar-refractivity contribution in [1.29, 1.82) is 0 Å². The van der Waals surface area contributed by atoms with Gasteiger partial charge in [-0.25, -0.2) is 4.79 Å². The number of carbonyl (C=O) groups is 1. The number of carbonyl (C=O) groups excluding carboxylic acids is 1. The number of rotatable bonds is 18. The van der Waals surface area contributed by atoms with Crippen LogP contribution in [0.1, 0.15) is 89.2 Å². The van der Waals surface area contributed by atoms with E-state index in [-0.39, 0.29) is 5.97 Å². The first-order valence-corrected chi connectivity index (χ1v) is 13.7. The molecule has 0 bridgehead atoms. The van der Waals surface area contributed by atoms with Crippen LogP contribution in [0.5, 0.6) is 5.75 Å². The Kier molecular flexibility index (Phi) is 13.5. The Morgan fingerprint density at radius 2 is 1.46 bits per heavy atom. The summed E-state index contributed by atoms with van der Waals surface area (Å²) in [4.78, 5) is 12.8. The highest BCUT2D eigenvalue weighted by molar-refractivity contribution is 5.70. The highest BCUT2D eigenvalue weighted by atomic mass is 16.7. The number of benzene rings is 2. The van der Waals surface area contributed by atoms with E-state index < -0.39 is 6.29 Å². The number of quaternary nitrogens is 1. The molecule has 4 nitrogen and oxygen atoms in total. The van der Waals surface area contributed by atoms with Gasteiger partial charge in [0, 0.05) is 12.0 Å². The van der Waals surface area contributed by atoms with Gasteiger partial charge in [0.15, 0.2) is 6.54 Å². The molecule has 35 heavy (non-hydrogen) atoms. The number of nitrogens with zero attached hydrogens (tertiary/aromatic N) is 1. The average Bonchev–Trinajstić information content (AvgIpc) is 2.81. The van der Waals surface area contributed by atoms with E-state index in [9.17, 15) is 4.79 Å². The normalized spacial score (nSPS) is 12.3. The maximum Gasteiger partial charge on any atom is 0.364 e. The number of hydrogen-bond donors (Lipinski definition) is 0. The second-order valence-electron chi connectivity index (χ2n) is 10.4. The Morgan fingerprint density at radius 3 is 2.14 bits per heavy atom. The monoisotopic (exact) mass is 482 g/mol. The lowest BCUT2D eigenvalue weighted by atomic mass is 10.0. The molecule has 194 valence electrons. The molecule has 0 aliphatic rings. The Labute approximate surface area is 214 Å². The van der Waals surface area contributed by atoms with Gasteiger partial charge in [0.2, 0.25) is 6.29 Å². The van der Waals surface area contributed by atoms with Crippen LogP contribution >= 0.6 is 0 Å². The van der Waals surface area contributed by atoms with Gasteiger partial charge in [0.1, 0.15) is 12.3 Å². The molecule has 2 aromatic rings. The van der Waals surface area contributed by atoms with Gasteiger partial charge in [0.05, 0.1) is 14.1 Å². The van der Waals surface area contributed by atoms with E-state index in [0.29, 0.717) is 17.4 Å². The molecule has 4 heteroatoms. The van der Waals surface area contributed by atoms with E-state index in [1.54, 1.807) is 0 Å². The number of esters is 1. The van der Waals surface area contributed by atoms with Crippen molar-refractivity contribution in [3.8, 4) is 5.75 Å². The summed E-state index contributed by atoms with van der Waals surface area (Å²) >= 11 is 0. The lowest BCUT2D eigenvalue weighted by molar-refractivity contribution is -0.896. The van der Waals surface area contributed by atoms with Gasteiger partial charge in [-0.1, -0.05) is 101 Å². The van der Waals surface area contributed by atoms with Crippen LogP contribution in [0.4, 0.5) is 0 Å². The number of ether oxygens (including phenoxy) is 2. The number of aryl methyl sites for hydroxylation is 1. The Morgan fingerprint density at radius 1 is 0.800 bits per heavy atom. The minimum absolute atomic E-state index is 0.223. The van der Waals surface area contributed by atoms with Gasteiger partial charge in [-0.05, 0) is 37.0 Å². The van der Waals surface area contributed by atoms with E-state index in [2.05, 4.69) is 52.2 Å². The summed E-state index contributed by atoms with van der Waals surface area (Å²) in [6.07, 6.45) is 12.7. The van der Waals surface area contributed by atoms with Crippen LogP contribution in [0.2, 0.25) is 0 Å². The summed E-state index contributed by atoms with van der Waals surface area (Å²) in [5, 5.41) is 0. The predicted molar refractivity (Wildman–Crippen MR) is 145 cm³/mol. The summed E-state index contributed by atoms with van der Waals surface area (Å²) in [6.45, 7) is 5.42. The fraction of sp³-hybridized carbons (Fsp3) is 0.581. The van der Waals surface area contributed by atoms with Crippen molar-refractivity contribution < 1.29 is 18.8 Å². The zero-order valence-electron chi connectivity index (χ0n) is 22.6. The lowest BCUT2D eigenvalue weighted by Crippen LogP contribution is -2.44. The van der Waals surface area contributed by atoms with Crippen LogP contribution in [0, 0.1) is 0 Å². The van der Waals surface area contributed by atoms with Crippen molar-refractivity contribution in [1.82, 2.24) is 0 Å². The summed E-state index contributed by atoms with van der Waals surface area (Å²) in [6, 6.07) is 18.5. The third-order valence-electron chi connectivity index (χ3n) is 6.28. The fourth-order valence-corrected chi connectivity index (χ4v) is 4.43. The molecule has 2 rings (SSSR count). The molecular formula is C31H48NO3+. The topological polar surface area (TPSA) is 35.5 Å². The van der Waals surface area contributed by atoms with Crippen molar-refractivity contribution >= 4 is 5.97 Å². The van der Waals surface area contributed by atoms with Crippen molar-refractivity contribution in [3.63, 3.8) is 0 Å². The molecule has 1 unspecified atom stereocenters. The van der Waals surface area contributed by atoms with Gasteiger partial charge in [-0.2, -0.15) is 0 Å². The van der Waals surface area contributed by atoms with E-state index in [4.69, 9.17) is 9.47 Å². The molecule has 0 spiro atoms. The van der Waals surface area contributed by atoms with E-state index >= 15 is 0 Å². The van der Waals surface area contributed by atoms with Gasteiger partial charge in [-0.3, -0.25) is 0 Å². The van der Waals surface area contributed by atoms with Crippen molar-refractivity contribution in [2.45, 2.75) is 97.3 Å². The average molecular weight is 483 g/mol. The van der Waals surface area contributed by atoms with Crippen LogP contribution in [-0.2, 0) is 22.5 Å².